The molecule has 28 heavy (non-hydrogen) atoms. The summed E-state index contributed by atoms with van der Waals surface area (Å²) in [6.07, 6.45) is 4.53. The number of carbonyl (C=O) groups excluding carboxylic acids is 1. The maximum absolute atomic E-state index is 11.9. The first kappa shape index (κ1) is 22.1. The number of hydrogen-bond acceptors (Lipinski definition) is 3. The molecule has 2 rings (SSSR count). The molecule has 0 aliphatic heterocycles. The van der Waals surface area contributed by atoms with Gasteiger partial charge >= 0.3 is 6.09 Å². The Hall–Kier alpha value is -2.24. The summed E-state index contributed by atoms with van der Waals surface area (Å²) in [6, 6.07) is 9.20. The molecule has 1 saturated carbocycles. The van der Waals surface area contributed by atoms with Crippen LogP contribution in [-0.4, -0.2) is 43.3 Å². The molecule has 0 heterocycles. The Labute approximate surface area is 169 Å². The monoisotopic (exact) mass is 388 g/mol. The molecule has 1 amide bonds. The third kappa shape index (κ3) is 8.19. The highest BCUT2D eigenvalue weighted by Gasteiger charge is 2.25. The van der Waals surface area contributed by atoms with Crippen molar-refractivity contribution in [1.29, 1.82) is 0 Å². The van der Waals surface area contributed by atoms with E-state index in [-0.39, 0.29) is 12.1 Å². The number of aliphatic imine (C=N–C) groups is 1. The molecule has 0 unspecified atom stereocenters. The van der Waals surface area contributed by atoms with Crippen LogP contribution in [0.2, 0.25) is 0 Å². The SMILES string of the molecule is CN=C(NCCc1ccc(C)cc1)NC1CCC(NC(=O)OC(C)(C)C)CC1. The van der Waals surface area contributed by atoms with Crippen molar-refractivity contribution in [1.82, 2.24) is 16.0 Å². The van der Waals surface area contributed by atoms with Crippen molar-refractivity contribution in [3.8, 4) is 0 Å². The molecule has 156 valence electrons. The highest BCUT2D eigenvalue weighted by Crippen LogP contribution is 2.19. The van der Waals surface area contributed by atoms with Gasteiger partial charge in [-0.05, 0) is 65.4 Å². The van der Waals surface area contributed by atoms with Crippen molar-refractivity contribution in [3.05, 3.63) is 35.4 Å². The minimum absolute atomic E-state index is 0.185. The van der Waals surface area contributed by atoms with Gasteiger partial charge in [0, 0.05) is 25.7 Å². The largest absolute Gasteiger partial charge is 0.444 e. The summed E-state index contributed by atoms with van der Waals surface area (Å²) in [4.78, 5) is 16.2. The molecule has 1 aromatic carbocycles. The summed E-state index contributed by atoms with van der Waals surface area (Å²) < 4.78 is 5.34. The molecule has 0 saturated heterocycles. The fourth-order valence-electron chi connectivity index (χ4n) is 3.32. The lowest BCUT2D eigenvalue weighted by Crippen LogP contribution is -2.48. The zero-order chi connectivity index (χ0) is 20.6. The number of ether oxygens (including phenoxy) is 1. The van der Waals surface area contributed by atoms with Gasteiger partial charge < -0.3 is 20.7 Å². The Morgan fingerprint density at radius 1 is 1.07 bits per heavy atom. The van der Waals surface area contributed by atoms with Crippen LogP contribution in [0.15, 0.2) is 29.3 Å². The third-order valence-electron chi connectivity index (χ3n) is 4.84. The Balaban J connectivity index is 1.67. The van der Waals surface area contributed by atoms with Crippen LogP contribution >= 0.6 is 0 Å². The van der Waals surface area contributed by atoms with Gasteiger partial charge in [-0.15, -0.1) is 0 Å². The number of carbonyl (C=O) groups is 1. The van der Waals surface area contributed by atoms with Crippen molar-refractivity contribution >= 4 is 12.1 Å². The van der Waals surface area contributed by atoms with E-state index in [0.29, 0.717) is 6.04 Å². The highest BCUT2D eigenvalue weighted by atomic mass is 16.6. The second kappa shape index (κ2) is 10.3. The van der Waals surface area contributed by atoms with Gasteiger partial charge in [0.1, 0.15) is 5.60 Å². The van der Waals surface area contributed by atoms with Crippen molar-refractivity contribution in [2.24, 2.45) is 4.99 Å². The Morgan fingerprint density at radius 2 is 1.64 bits per heavy atom. The molecular formula is C22H36N4O2. The summed E-state index contributed by atoms with van der Waals surface area (Å²) in [5.74, 6) is 0.843. The molecule has 1 aliphatic carbocycles. The molecule has 0 radical (unpaired) electrons. The standard InChI is InChI=1S/C22H36N4O2/c1-16-6-8-17(9-7-16)14-15-24-20(23-5)25-18-10-12-19(13-11-18)26-21(27)28-22(2,3)4/h6-9,18-19H,10-15H2,1-5H3,(H,26,27)(H2,23,24,25). The van der Waals surface area contributed by atoms with E-state index in [1.165, 1.54) is 11.1 Å². The van der Waals surface area contributed by atoms with Crippen LogP contribution in [0.5, 0.6) is 0 Å². The molecule has 0 bridgehead atoms. The maximum Gasteiger partial charge on any atom is 0.407 e. The quantitative estimate of drug-likeness (QED) is 0.533. The van der Waals surface area contributed by atoms with Crippen LogP contribution in [0.1, 0.15) is 57.6 Å². The summed E-state index contributed by atoms with van der Waals surface area (Å²) in [6.45, 7) is 8.59. The molecule has 3 N–H and O–H groups in total. The van der Waals surface area contributed by atoms with E-state index >= 15 is 0 Å². The normalized spacial score (nSPS) is 20.4. The third-order valence-corrected chi connectivity index (χ3v) is 4.84. The highest BCUT2D eigenvalue weighted by molar-refractivity contribution is 5.80. The van der Waals surface area contributed by atoms with Crippen LogP contribution in [0, 0.1) is 6.92 Å². The number of nitrogens with zero attached hydrogens (tertiary/aromatic N) is 1. The summed E-state index contributed by atoms with van der Waals surface area (Å²) in [7, 11) is 1.80. The van der Waals surface area contributed by atoms with Crippen molar-refractivity contribution in [2.75, 3.05) is 13.6 Å². The zero-order valence-electron chi connectivity index (χ0n) is 18.0. The minimum atomic E-state index is -0.459. The molecular weight excluding hydrogens is 352 g/mol. The van der Waals surface area contributed by atoms with Gasteiger partial charge in [0.05, 0.1) is 0 Å². The molecule has 0 atom stereocenters. The summed E-state index contributed by atoms with van der Waals surface area (Å²) in [5, 5.41) is 9.89. The van der Waals surface area contributed by atoms with Gasteiger partial charge in [0.2, 0.25) is 0 Å². The number of rotatable bonds is 5. The number of guanidine groups is 1. The fourth-order valence-corrected chi connectivity index (χ4v) is 3.32. The molecule has 0 spiro atoms. The number of amides is 1. The lowest BCUT2D eigenvalue weighted by atomic mass is 9.91. The van der Waals surface area contributed by atoms with Crippen LogP contribution in [0.3, 0.4) is 0 Å². The number of hydrogen-bond donors (Lipinski definition) is 3. The zero-order valence-corrected chi connectivity index (χ0v) is 18.0. The molecule has 1 aliphatic rings. The second-order valence-electron chi connectivity index (χ2n) is 8.57. The topological polar surface area (TPSA) is 74.8 Å². The number of aryl methyl sites for hydroxylation is 1. The van der Waals surface area contributed by atoms with Crippen molar-refractivity contribution in [2.45, 2.75) is 77.5 Å². The lowest BCUT2D eigenvalue weighted by molar-refractivity contribution is 0.0490. The van der Waals surface area contributed by atoms with E-state index in [2.05, 4.69) is 52.1 Å². The molecule has 1 fully saturated rings. The lowest BCUT2D eigenvalue weighted by Gasteiger charge is -2.31. The molecule has 6 nitrogen and oxygen atoms in total. The van der Waals surface area contributed by atoms with Gasteiger partial charge in [0.25, 0.3) is 0 Å². The van der Waals surface area contributed by atoms with Gasteiger partial charge in [-0.1, -0.05) is 29.8 Å². The average Bonchev–Trinajstić information content (AvgIpc) is 2.62. The van der Waals surface area contributed by atoms with E-state index in [9.17, 15) is 4.79 Å². The fraction of sp³-hybridized carbons (Fsp3) is 0.636. The summed E-state index contributed by atoms with van der Waals surface area (Å²) >= 11 is 0. The van der Waals surface area contributed by atoms with E-state index < -0.39 is 5.60 Å². The Kier molecular flexibility index (Phi) is 8.15. The van der Waals surface area contributed by atoms with Gasteiger partial charge in [-0.2, -0.15) is 0 Å². The smallest absolute Gasteiger partial charge is 0.407 e. The first-order valence-corrected chi connectivity index (χ1v) is 10.3. The number of benzene rings is 1. The Bertz CT molecular complexity index is 641. The molecule has 1 aromatic rings. The van der Waals surface area contributed by atoms with Crippen LogP contribution < -0.4 is 16.0 Å². The maximum atomic E-state index is 11.9. The van der Waals surface area contributed by atoms with Crippen molar-refractivity contribution < 1.29 is 9.53 Å². The predicted octanol–water partition coefficient (Wildman–Crippen LogP) is 3.54. The van der Waals surface area contributed by atoms with Crippen LogP contribution in [0.25, 0.3) is 0 Å². The predicted molar refractivity (Wildman–Crippen MR) is 115 cm³/mol. The van der Waals surface area contributed by atoms with Crippen LogP contribution in [-0.2, 0) is 11.2 Å². The summed E-state index contributed by atoms with van der Waals surface area (Å²) in [5.41, 5.74) is 2.15. The average molecular weight is 389 g/mol. The van der Waals surface area contributed by atoms with E-state index in [1.54, 1.807) is 7.05 Å². The first-order chi connectivity index (χ1) is 13.2. The second-order valence-corrected chi connectivity index (χ2v) is 8.57. The van der Waals surface area contributed by atoms with Gasteiger partial charge in [-0.25, -0.2) is 4.79 Å². The molecule has 6 heteroatoms. The first-order valence-electron chi connectivity index (χ1n) is 10.3. The Morgan fingerprint density at radius 3 is 2.18 bits per heavy atom. The van der Waals surface area contributed by atoms with Crippen molar-refractivity contribution in [3.63, 3.8) is 0 Å². The minimum Gasteiger partial charge on any atom is -0.444 e. The van der Waals surface area contributed by atoms with Gasteiger partial charge in [-0.3, -0.25) is 4.99 Å². The number of alkyl carbamates (subject to hydrolysis) is 1. The van der Waals surface area contributed by atoms with E-state index in [1.807, 2.05) is 20.8 Å². The van der Waals surface area contributed by atoms with Crippen LogP contribution in [0.4, 0.5) is 4.79 Å². The molecule has 0 aromatic heterocycles. The number of nitrogens with one attached hydrogen (secondary N) is 3. The van der Waals surface area contributed by atoms with E-state index in [4.69, 9.17) is 4.74 Å². The van der Waals surface area contributed by atoms with Gasteiger partial charge in [0.15, 0.2) is 5.96 Å². The van der Waals surface area contributed by atoms with E-state index in [0.717, 1.165) is 44.6 Å².